The van der Waals surface area contributed by atoms with Crippen LogP contribution in [0.1, 0.15) is 85.5 Å². The summed E-state index contributed by atoms with van der Waals surface area (Å²) in [5, 5.41) is 9.13. The second-order valence-electron chi connectivity index (χ2n) is 12.0. The molecule has 0 saturated carbocycles. The van der Waals surface area contributed by atoms with Crippen LogP contribution in [-0.4, -0.2) is 81.8 Å². The SMILES string of the molecule is C=CCCCOC(=O)[C@H]1[C@H]2C(=O)N(CCCCCCO)C(C(=O)N(CC=C)C(C)(C)C)C23CC[C@]1(CC)O3. The maximum absolute atomic E-state index is 14.4. The maximum Gasteiger partial charge on any atom is 0.312 e. The number of ether oxygens (including phenoxy) is 2. The van der Waals surface area contributed by atoms with Gasteiger partial charge >= 0.3 is 5.97 Å². The van der Waals surface area contributed by atoms with Crippen LogP contribution < -0.4 is 0 Å². The van der Waals surface area contributed by atoms with Crippen LogP contribution in [0.2, 0.25) is 0 Å². The monoisotopic (exact) mass is 532 g/mol. The van der Waals surface area contributed by atoms with Crippen molar-refractivity contribution in [3.63, 3.8) is 0 Å². The molecule has 1 spiro atoms. The number of hydrogen-bond acceptors (Lipinski definition) is 6. The summed E-state index contributed by atoms with van der Waals surface area (Å²) in [4.78, 5) is 45.5. The van der Waals surface area contributed by atoms with Crippen molar-refractivity contribution < 1.29 is 29.0 Å². The van der Waals surface area contributed by atoms with Crippen molar-refractivity contribution in [1.29, 1.82) is 0 Å². The normalized spacial score (nSPS) is 29.9. The van der Waals surface area contributed by atoms with Gasteiger partial charge in [-0.1, -0.05) is 31.9 Å². The fourth-order valence-electron chi connectivity index (χ4n) is 6.81. The molecule has 2 unspecified atom stereocenters. The predicted octanol–water partition coefficient (Wildman–Crippen LogP) is 4.02. The van der Waals surface area contributed by atoms with Crippen molar-refractivity contribution >= 4 is 17.8 Å². The summed E-state index contributed by atoms with van der Waals surface area (Å²) < 4.78 is 12.5. The lowest BCUT2D eigenvalue weighted by Crippen LogP contribution is -2.60. The number of aliphatic hydroxyl groups is 1. The maximum atomic E-state index is 14.4. The zero-order valence-electron chi connectivity index (χ0n) is 23.9. The molecule has 2 amide bonds. The van der Waals surface area contributed by atoms with Gasteiger partial charge in [-0.3, -0.25) is 14.4 Å². The van der Waals surface area contributed by atoms with Gasteiger partial charge in [-0.15, -0.1) is 13.2 Å². The molecule has 1 N–H and O–H groups in total. The molecular weight excluding hydrogens is 484 g/mol. The van der Waals surface area contributed by atoms with Gasteiger partial charge < -0.3 is 24.4 Å². The van der Waals surface area contributed by atoms with Gasteiger partial charge in [0.25, 0.3) is 0 Å². The van der Waals surface area contributed by atoms with Crippen molar-refractivity contribution in [3.8, 4) is 0 Å². The number of esters is 1. The smallest absolute Gasteiger partial charge is 0.312 e. The van der Waals surface area contributed by atoms with Crippen LogP contribution in [0.15, 0.2) is 25.3 Å². The van der Waals surface area contributed by atoms with E-state index in [2.05, 4.69) is 13.2 Å². The van der Waals surface area contributed by atoms with Gasteiger partial charge in [0.1, 0.15) is 17.6 Å². The zero-order chi connectivity index (χ0) is 28.1. The largest absolute Gasteiger partial charge is 0.465 e. The molecule has 3 aliphatic rings. The van der Waals surface area contributed by atoms with E-state index in [0.717, 1.165) is 19.3 Å². The molecule has 0 aliphatic carbocycles. The Kier molecular flexibility index (Phi) is 9.85. The summed E-state index contributed by atoms with van der Waals surface area (Å²) in [5.74, 6) is -2.20. The van der Waals surface area contributed by atoms with E-state index in [0.29, 0.717) is 51.6 Å². The first kappa shape index (κ1) is 30.4. The second-order valence-corrected chi connectivity index (χ2v) is 12.0. The van der Waals surface area contributed by atoms with E-state index in [1.165, 1.54) is 0 Å². The Labute approximate surface area is 228 Å². The van der Waals surface area contributed by atoms with E-state index in [9.17, 15) is 14.4 Å². The van der Waals surface area contributed by atoms with Crippen LogP contribution in [0.25, 0.3) is 0 Å². The molecule has 0 aromatic carbocycles. The summed E-state index contributed by atoms with van der Waals surface area (Å²) in [6, 6.07) is -0.802. The lowest BCUT2D eigenvalue weighted by atomic mass is 9.65. The number of aliphatic hydroxyl groups excluding tert-OH is 1. The summed E-state index contributed by atoms with van der Waals surface area (Å²) in [7, 11) is 0. The Hall–Kier alpha value is -2.19. The molecule has 8 nitrogen and oxygen atoms in total. The Morgan fingerprint density at radius 1 is 1.16 bits per heavy atom. The van der Waals surface area contributed by atoms with E-state index in [4.69, 9.17) is 14.6 Å². The average molecular weight is 533 g/mol. The Morgan fingerprint density at radius 2 is 1.87 bits per heavy atom. The molecule has 2 bridgehead atoms. The van der Waals surface area contributed by atoms with E-state index in [1.54, 1.807) is 22.0 Å². The zero-order valence-corrected chi connectivity index (χ0v) is 23.9. The molecule has 5 atom stereocenters. The van der Waals surface area contributed by atoms with Crippen LogP contribution in [0.4, 0.5) is 0 Å². The molecule has 0 aromatic rings. The standard InChI is InChI=1S/C30H48N2O6/c1-7-10-15-21-37-27(36)23-22-25(34)31(19-13-11-12-14-20-33)24(26(35)32(18-8-2)28(4,5)6)30(22)17-16-29(23,9-3)38-30/h7-8,22-24,33H,1-2,9-21H2,3-6H3/t22-,23+,24?,29-,30?/m0/s1. The quantitative estimate of drug-likeness (QED) is 0.194. The first-order valence-corrected chi connectivity index (χ1v) is 14.4. The molecule has 3 rings (SSSR count). The van der Waals surface area contributed by atoms with Gasteiger partial charge in [-0.2, -0.15) is 0 Å². The highest BCUT2D eigenvalue weighted by Crippen LogP contribution is 2.64. The van der Waals surface area contributed by atoms with Crippen LogP contribution >= 0.6 is 0 Å². The average Bonchev–Trinajstić information content (AvgIpc) is 3.47. The van der Waals surface area contributed by atoms with Crippen LogP contribution in [0, 0.1) is 11.8 Å². The Morgan fingerprint density at radius 3 is 2.47 bits per heavy atom. The first-order valence-electron chi connectivity index (χ1n) is 14.4. The molecule has 8 heteroatoms. The minimum absolute atomic E-state index is 0.139. The second kappa shape index (κ2) is 12.3. The molecule has 3 fully saturated rings. The number of rotatable bonds is 15. The fourth-order valence-corrected chi connectivity index (χ4v) is 6.81. The number of fused-ring (bicyclic) bond motifs is 1. The highest BCUT2D eigenvalue weighted by Gasteiger charge is 2.79. The number of likely N-dealkylation sites (tertiary alicyclic amines) is 1. The molecular formula is C30H48N2O6. The van der Waals surface area contributed by atoms with Crippen LogP contribution in [0.3, 0.4) is 0 Å². The molecule has 0 aromatic heterocycles. The molecule has 0 radical (unpaired) electrons. The van der Waals surface area contributed by atoms with Gasteiger partial charge in [-0.25, -0.2) is 0 Å². The summed E-state index contributed by atoms with van der Waals surface area (Å²) >= 11 is 0. The summed E-state index contributed by atoms with van der Waals surface area (Å²) in [6.45, 7) is 16.7. The van der Waals surface area contributed by atoms with E-state index in [-0.39, 0.29) is 25.0 Å². The number of carbonyl (C=O) groups excluding carboxylic acids is 3. The number of hydrogen-bond donors (Lipinski definition) is 1. The number of amides is 2. The Bertz CT molecular complexity index is 898. The third-order valence-corrected chi connectivity index (χ3v) is 8.66. The van der Waals surface area contributed by atoms with Gasteiger partial charge in [0.15, 0.2) is 0 Å². The van der Waals surface area contributed by atoms with Crippen molar-refractivity contribution in [2.45, 2.75) is 108 Å². The number of unbranched alkanes of at least 4 members (excludes halogenated alkanes) is 4. The molecule has 38 heavy (non-hydrogen) atoms. The van der Waals surface area contributed by atoms with Gasteiger partial charge in [-0.05, 0) is 65.7 Å². The predicted molar refractivity (Wildman–Crippen MR) is 146 cm³/mol. The lowest BCUT2D eigenvalue weighted by Gasteiger charge is -2.42. The highest BCUT2D eigenvalue weighted by atomic mass is 16.6. The third kappa shape index (κ3) is 5.44. The molecule has 214 valence electrons. The van der Waals surface area contributed by atoms with E-state index >= 15 is 0 Å². The van der Waals surface area contributed by atoms with Gasteiger partial charge in [0.05, 0.1) is 18.1 Å². The first-order chi connectivity index (χ1) is 18.0. The highest BCUT2D eigenvalue weighted by molar-refractivity contribution is 5.98. The number of carbonyl (C=O) groups is 3. The third-order valence-electron chi connectivity index (χ3n) is 8.66. The van der Waals surface area contributed by atoms with Gasteiger partial charge in [0, 0.05) is 25.2 Å². The topological polar surface area (TPSA) is 96.4 Å². The molecule has 3 heterocycles. The summed E-state index contributed by atoms with van der Waals surface area (Å²) in [6.07, 6.45) is 9.77. The number of nitrogens with zero attached hydrogens (tertiary/aromatic N) is 2. The van der Waals surface area contributed by atoms with Crippen molar-refractivity contribution in [1.82, 2.24) is 9.80 Å². The fraction of sp³-hybridized carbons (Fsp3) is 0.767. The van der Waals surface area contributed by atoms with Crippen molar-refractivity contribution in [2.75, 3.05) is 26.3 Å². The van der Waals surface area contributed by atoms with Crippen LogP contribution in [-0.2, 0) is 23.9 Å². The number of allylic oxidation sites excluding steroid dienone is 1. The Balaban J connectivity index is 1.99. The minimum atomic E-state index is -1.05. The van der Waals surface area contributed by atoms with Crippen LogP contribution in [0.5, 0.6) is 0 Å². The van der Waals surface area contributed by atoms with E-state index in [1.807, 2.05) is 27.7 Å². The van der Waals surface area contributed by atoms with Crippen molar-refractivity contribution in [3.05, 3.63) is 25.3 Å². The van der Waals surface area contributed by atoms with Crippen molar-refractivity contribution in [2.24, 2.45) is 11.8 Å². The minimum Gasteiger partial charge on any atom is -0.465 e. The molecule has 3 saturated heterocycles. The summed E-state index contributed by atoms with van der Waals surface area (Å²) in [5.41, 5.74) is -2.34. The molecule has 3 aliphatic heterocycles. The van der Waals surface area contributed by atoms with E-state index < -0.39 is 40.6 Å². The lowest BCUT2D eigenvalue weighted by molar-refractivity contribution is -0.162. The van der Waals surface area contributed by atoms with Gasteiger partial charge in [0.2, 0.25) is 11.8 Å².